The maximum Gasteiger partial charge on any atom is 0.237 e. The first kappa shape index (κ1) is 15.4. The molecule has 16 heavy (non-hydrogen) atoms. The molecule has 0 aromatic carbocycles. The number of carbonyl (C=O) groups excluding carboxylic acids is 1. The van der Waals surface area contributed by atoms with Gasteiger partial charge in [0.1, 0.15) is 0 Å². The van der Waals surface area contributed by atoms with Crippen LogP contribution in [0.4, 0.5) is 0 Å². The molecule has 0 aromatic rings. The number of hydrogen-bond donors (Lipinski definition) is 3. The maximum atomic E-state index is 11.9. The highest BCUT2D eigenvalue weighted by atomic mass is 16.3. The lowest BCUT2D eigenvalue weighted by molar-refractivity contribution is -0.125. The van der Waals surface area contributed by atoms with Crippen LogP contribution in [0.15, 0.2) is 0 Å². The lowest BCUT2D eigenvalue weighted by atomic mass is 9.92. The summed E-state index contributed by atoms with van der Waals surface area (Å²) in [5.41, 5.74) is 5.50. The molecule has 0 heterocycles. The van der Waals surface area contributed by atoms with E-state index in [0.717, 1.165) is 12.8 Å². The first-order valence-corrected chi connectivity index (χ1v) is 6.08. The summed E-state index contributed by atoms with van der Waals surface area (Å²) >= 11 is 0. The fourth-order valence-corrected chi connectivity index (χ4v) is 1.47. The predicted molar refractivity (Wildman–Crippen MR) is 66.0 cm³/mol. The summed E-state index contributed by atoms with van der Waals surface area (Å²) in [4.78, 5) is 11.9. The first-order valence-electron chi connectivity index (χ1n) is 6.08. The van der Waals surface area contributed by atoms with Gasteiger partial charge in [0.15, 0.2) is 0 Å². The number of aliphatic hydroxyl groups is 1. The van der Waals surface area contributed by atoms with Crippen molar-refractivity contribution in [1.82, 2.24) is 5.32 Å². The van der Waals surface area contributed by atoms with E-state index in [1.54, 1.807) is 0 Å². The van der Waals surface area contributed by atoms with E-state index >= 15 is 0 Å². The van der Waals surface area contributed by atoms with Gasteiger partial charge in [-0.05, 0) is 25.7 Å². The summed E-state index contributed by atoms with van der Waals surface area (Å²) in [6.07, 6.45) is 2.23. The minimum Gasteiger partial charge on any atom is -0.396 e. The number of nitrogens with two attached hydrogens (primary N) is 1. The third-order valence-corrected chi connectivity index (χ3v) is 3.43. The molecule has 0 spiro atoms. The summed E-state index contributed by atoms with van der Waals surface area (Å²) in [5, 5.41) is 11.9. The average molecular weight is 230 g/mol. The molecule has 0 saturated carbocycles. The van der Waals surface area contributed by atoms with Gasteiger partial charge in [-0.2, -0.15) is 0 Å². The molecule has 0 rings (SSSR count). The Hall–Kier alpha value is -0.610. The molecule has 0 aliphatic heterocycles. The van der Waals surface area contributed by atoms with E-state index in [0.29, 0.717) is 6.42 Å². The van der Waals surface area contributed by atoms with Crippen molar-refractivity contribution in [3.8, 4) is 0 Å². The molecule has 96 valence electrons. The van der Waals surface area contributed by atoms with E-state index in [2.05, 4.69) is 5.32 Å². The monoisotopic (exact) mass is 230 g/mol. The minimum atomic E-state index is -0.463. The molecule has 0 aliphatic rings. The van der Waals surface area contributed by atoms with Gasteiger partial charge in [0.2, 0.25) is 5.91 Å². The Bertz CT molecular complexity index is 221. The lowest BCUT2D eigenvalue weighted by Gasteiger charge is -2.31. The van der Waals surface area contributed by atoms with Crippen LogP contribution in [0.2, 0.25) is 0 Å². The van der Waals surface area contributed by atoms with Crippen LogP contribution in [0.5, 0.6) is 0 Å². The van der Waals surface area contributed by atoms with E-state index in [1.165, 1.54) is 0 Å². The summed E-state index contributed by atoms with van der Waals surface area (Å²) < 4.78 is 0. The highest BCUT2D eigenvalue weighted by Crippen LogP contribution is 2.15. The third kappa shape index (κ3) is 4.49. The van der Waals surface area contributed by atoms with Crippen molar-refractivity contribution in [3.63, 3.8) is 0 Å². The summed E-state index contributed by atoms with van der Waals surface area (Å²) in [6, 6.07) is -0.463. The molecular weight excluding hydrogens is 204 g/mol. The van der Waals surface area contributed by atoms with E-state index in [4.69, 9.17) is 10.8 Å². The molecule has 0 radical (unpaired) electrons. The van der Waals surface area contributed by atoms with Gasteiger partial charge in [0.05, 0.1) is 6.04 Å². The number of carbonyl (C=O) groups is 1. The van der Waals surface area contributed by atoms with Crippen molar-refractivity contribution < 1.29 is 9.90 Å². The van der Waals surface area contributed by atoms with Gasteiger partial charge >= 0.3 is 0 Å². The maximum absolute atomic E-state index is 11.9. The zero-order chi connectivity index (χ0) is 12.8. The van der Waals surface area contributed by atoms with Crippen molar-refractivity contribution in [2.75, 3.05) is 6.61 Å². The molecule has 0 aromatic heterocycles. The molecule has 4 heteroatoms. The normalized spacial score (nSPS) is 18.6. The van der Waals surface area contributed by atoms with E-state index in [-0.39, 0.29) is 24.0 Å². The smallest absolute Gasteiger partial charge is 0.237 e. The number of nitrogens with one attached hydrogen (secondary N) is 1. The van der Waals surface area contributed by atoms with Crippen LogP contribution >= 0.6 is 0 Å². The lowest BCUT2D eigenvalue weighted by Crippen LogP contribution is -2.53. The van der Waals surface area contributed by atoms with Crippen LogP contribution in [-0.4, -0.2) is 29.2 Å². The second-order valence-corrected chi connectivity index (χ2v) is 4.79. The number of hydrogen-bond acceptors (Lipinski definition) is 3. The first-order chi connectivity index (χ1) is 7.40. The predicted octanol–water partition coefficient (Wildman–Crippen LogP) is 1.03. The minimum absolute atomic E-state index is 0.0726. The van der Waals surface area contributed by atoms with Crippen LogP contribution in [0.3, 0.4) is 0 Å². The Morgan fingerprint density at radius 1 is 1.50 bits per heavy atom. The fraction of sp³-hybridized carbons (Fsp3) is 0.917. The SMILES string of the molecule is CCC(C)C(N)C(=O)NC(C)(CC)CCO. The Kier molecular flexibility index (Phi) is 6.60. The standard InChI is InChI=1S/C12H26N2O2/c1-5-9(3)10(13)11(16)14-12(4,6-2)7-8-15/h9-10,15H,5-8,13H2,1-4H3,(H,14,16). The Balaban J connectivity index is 4.40. The zero-order valence-electron chi connectivity index (χ0n) is 10.9. The third-order valence-electron chi connectivity index (χ3n) is 3.43. The average Bonchev–Trinajstić information content (AvgIpc) is 2.27. The Labute approximate surface area is 98.6 Å². The summed E-state index contributed by atoms with van der Waals surface area (Å²) in [7, 11) is 0. The second kappa shape index (κ2) is 6.86. The van der Waals surface area contributed by atoms with Crippen molar-refractivity contribution in [1.29, 1.82) is 0 Å². The molecule has 0 saturated heterocycles. The van der Waals surface area contributed by atoms with Crippen molar-refractivity contribution in [2.45, 2.75) is 58.5 Å². The van der Waals surface area contributed by atoms with Crippen molar-refractivity contribution in [3.05, 3.63) is 0 Å². The molecular formula is C12H26N2O2. The van der Waals surface area contributed by atoms with Gasteiger partial charge in [-0.25, -0.2) is 0 Å². The van der Waals surface area contributed by atoms with Gasteiger partial charge in [0, 0.05) is 12.1 Å². The largest absolute Gasteiger partial charge is 0.396 e. The molecule has 3 atom stereocenters. The molecule has 4 nitrogen and oxygen atoms in total. The number of aliphatic hydroxyl groups excluding tert-OH is 1. The van der Waals surface area contributed by atoms with E-state index in [1.807, 2.05) is 27.7 Å². The van der Waals surface area contributed by atoms with Gasteiger partial charge in [-0.15, -0.1) is 0 Å². The van der Waals surface area contributed by atoms with Gasteiger partial charge in [-0.1, -0.05) is 27.2 Å². The van der Waals surface area contributed by atoms with E-state index < -0.39 is 6.04 Å². The van der Waals surface area contributed by atoms with Gasteiger partial charge in [0.25, 0.3) is 0 Å². The van der Waals surface area contributed by atoms with Gasteiger partial charge in [-0.3, -0.25) is 4.79 Å². The zero-order valence-corrected chi connectivity index (χ0v) is 10.9. The molecule has 0 aliphatic carbocycles. The Morgan fingerprint density at radius 3 is 2.44 bits per heavy atom. The van der Waals surface area contributed by atoms with Crippen LogP contribution in [0.1, 0.15) is 47.0 Å². The second-order valence-electron chi connectivity index (χ2n) is 4.79. The highest BCUT2D eigenvalue weighted by Gasteiger charge is 2.28. The van der Waals surface area contributed by atoms with Crippen LogP contribution in [0.25, 0.3) is 0 Å². The van der Waals surface area contributed by atoms with Crippen LogP contribution < -0.4 is 11.1 Å². The quantitative estimate of drug-likeness (QED) is 0.611. The van der Waals surface area contributed by atoms with E-state index in [9.17, 15) is 4.79 Å². The fourth-order valence-electron chi connectivity index (χ4n) is 1.47. The van der Waals surface area contributed by atoms with Crippen LogP contribution in [-0.2, 0) is 4.79 Å². The molecule has 0 bridgehead atoms. The molecule has 4 N–H and O–H groups in total. The Morgan fingerprint density at radius 2 is 2.06 bits per heavy atom. The number of rotatable bonds is 7. The summed E-state index contributed by atoms with van der Waals surface area (Å²) in [6.45, 7) is 7.99. The number of amides is 1. The van der Waals surface area contributed by atoms with Gasteiger partial charge < -0.3 is 16.2 Å². The summed E-state index contributed by atoms with van der Waals surface area (Å²) in [5.74, 6) is 0.0578. The topological polar surface area (TPSA) is 75.4 Å². The van der Waals surface area contributed by atoms with Crippen molar-refractivity contribution in [2.24, 2.45) is 11.7 Å². The molecule has 3 unspecified atom stereocenters. The molecule has 1 amide bonds. The molecule has 0 fully saturated rings. The van der Waals surface area contributed by atoms with Crippen molar-refractivity contribution >= 4 is 5.91 Å². The van der Waals surface area contributed by atoms with Crippen LogP contribution in [0, 0.1) is 5.92 Å². The highest BCUT2D eigenvalue weighted by molar-refractivity contribution is 5.82.